The van der Waals surface area contributed by atoms with Gasteiger partial charge in [-0.25, -0.2) is 0 Å². The van der Waals surface area contributed by atoms with E-state index in [-0.39, 0.29) is 5.91 Å². The van der Waals surface area contributed by atoms with Gasteiger partial charge in [-0.05, 0) is 32.8 Å². The molecule has 2 saturated heterocycles. The lowest BCUT2D eigenvalue weighted by Gasteiger charge is -2.34. The predicted molar refractivity (Wildman–Crippen MR) is 95.4 cm³/mol. The molecule has 2 fully saturated rings. The normalized spacial score (nSPS) is 25.4. The first-order valence-corrected chi connectivity index (χ1v) is 9.34. The first kappa shape index (κ1) is 17.5. The minimum Gasteiger partial charge on any atom is -0.379 e. The van der Waals surface area contributed by atoms with Gasteiger partial charge in [-0.15, -0.1) is 0 Å². The molecule has 134 valence electrons. The van der Waals surface area contributed by atoms with Crippen molar-refractivity contribution < 1.29 is 9.53 Å². The summed E-state index contributed by atoms with van der Waals surface area (Å²) in [5.41, 5.74) is 3.16. The summed E-state index contributed by atoms with van der Waals surface area (Å²) in [5.74, 6) is 0.777. The summed E-state index contributed by atoms with van der Waals surface area (Å²) in [4.78, 5) is 17.7. The highest BCUT2D eigenvalue weighted by Gasteiger charge is 2.38. The molecule has 24 heavy (non-hydrogen) atoms. The molecular weight excluding hydrogens is 302 g/mol. The summed E-state index contributed by atoms with van der Waals surface area (Å²) in [6.07, 6.45) is 1.12. The maximum Gasteiger partial charge on any atom is 0.255 e. The van der Waals surface area contributed by atoms with Gasteiger partial charge in [-0.3, -0.25) is 9.69 Å². The van der Waals surface area contributed by atoms with Crippen molar-refractivity contribution in [1.82, 2.24) is 14.4 Å². The molecule has 1 aromatic heterocycles. The number of carbonyl (C=O) groups is 1. The molecule has 1 aromatic rings. The first-order valence-electron chi connectivity index (χ1n) is 9.34. The van der Waals surface area contributed by atoms with Crippen molar-refractivity contribution >= 4 is 5.91 Å². The molecule has 0 radical (unpaired) electrons. The number of aryl methyl sites for hydroxylation is 1. The van der Waals surface area contributed by atoms with Gasteiger partial charge >= 0.3 is 0 Å². The van der Waals surface area contributed by atoms with Crippen LogP contribution in [0.5, 0.6) is 0 Å². The average molecular weight is 333 g/mol. The second-order valence-corrected chi connectivity index (χ2v) is 7.12. The van der Waals surface area contributed by atoms with Gasteiger partial charge in [0.2, 0.25) is 0 Å². The highest BCUT2D eigenvalue weighted by Crippen LogP contribution is 2.28. The van der Waals surface area contributed by atoms with Crippen molar-refractivity contribution in [1.29, 1.82) is 0 Å². The molecule has 2 unspecified atom stereocenters. The Kier molecular flexibility index (Phi) is 5.30. The Morgan fingerprint density at radius 2 is 1.92 bits per heavy atom. The third-order valence-electron chi connectivity index (χ3n) is 5.85. The third kappa shape index (κ3) is 3.11. The number of ether oxygens (including phenoxy) is 1. The lowest BCUT2D eigenvalue weighted by atomic mass is 9.99. The number of amides is 1. The van der Waals surface area contributed by atoms with Gasteiger partial charge in [0.25, 0.3) is 5.91 Å². The molecule has 0 N–H and O–H groups in total. The number of hydrogen-bond acceptors (Lipinski definition) is 3. The van der Waals surface area contributed by atoms with Gasteiger partial charge in [-0.1, -0.05) is 13.3 Å². The molecule has 2 atom stereocenters. The summed E-state index contributed by atoms with van der Waals surface area (Å²) >= 11 is 0. The van der Waals surface area contributed by atoms with Crippen LogP contribution >= 0.6 is 0 Å². The maximum absolute atomic E-state index is 13.1. The zero-order valence-electron chi connectivity index (χ0n) is 15.5. The molecule has 3 heterocycles. The Labute approximate surface area is 145 Å². The van der Waals surface area contributed by atoms with E-state index < -0.39 is 0 Å². The quantitative estimate of drug-likeness (QED) is 0.848. The standard InChI is InChI=1S/C19H31N3O2/c1-5-16-12-21(13-18(16)20-7-9-24-10-8-20)19(23)17-11-14(3)22(6-2)15(17)4/h11,16,18H,5-10,12-13H2,1-4H3. The number of likely N-dealkylation sites (tertiary alicyclic amines) is 1. The highest BCUT2D eigenvalue weighted by molar-refractivity contribution is 5.96. The van der Waals surface area contributed by atoms with Crippen molar-refractivity contribution in [2.75, 3.05) is 39.4 Å². The Morgan fingerprint density at radius 3 is 2.50 bits per heavy atom. The van der Waals surface area contributed by atoms with E-state index in [1.54, 1.807) is 0 Å². The van der Waals surface area contributed by atoms with Crippen molar-refractivity contribution in [3.05, 3.63) is 23.0 Å². The number of nitrogens with zero attached hydrogens (tertiary/aromatic N) is 3. The Morgan fingerprint density at radius 1 is 1.21 bits per heavy atom. The summed E-state index contributed by atoms with van der Waals surface area (Å²) in [6, 6.07) is 2.54. The fourth-order valence-electron chi connectivity index (χ4n) is 4.42. The molecular formula is C19H31N3O2. The van der Waals surface area contributed by atoms with Crippen molar-refractivity contribution in [2.24, 2.45) is 5.92 Å². The molecule has 0 aliphatic carbocycles. The smallest absolute Gasteiger partial charge is 0.255 e. The van der Waals surface area contributed by atoms with Crippen LogP contribution in [0.15, 0.2) is 6.07 Å². The molecule has 0 spiro atoms. The van der Waals surface area contributed by atoms with Crippen LogP contribution in [-0.4, -0.2) is 65.7 Å². The van der Waals surface area contributed by atoms with Gasteiger partial charge in [0.1, 0.15) is 0 Å². The van der Waals surface area contributed by atoms with E-state index in [0.717, 1.165) is 63.6 Å². The van der Waals surface area contributed by atoms with Crippen LogP contribution in [0.3, 0.4) is 0 Å². The zero-order valence-corrected chi connectivity index (χ0v) is 15.5. The average Bonchev–Trinajstić information content (AvgIpc) is 3.16. The second-order valence-electron chi connectivity index (χ2n) is 7.12. The molecule has 5 heteroatoms. The Hall–Kier alpha value is -1.33. The van der Waals surface area contributed by atoms with Crippen LogP contribution < -0.4 is 0 Å². The molecule has 1 amide bonds. The molecule has 2 aliphatic heterocycles. The van der Waals surface area contributed by atoms with E-state index >= 15 is 0 Å². The fourth-order valence-corrected chi connectivity index (χ4v) is 4.42. The monoisotopic (exact) mass is 333 g/mol. The van der Waals surface area contributed by atoms with E-state index in [2.05, 4.69) is 48.1 Å². The minimum absolute atomic E-state index is 0.206. The fraction of sp³-hybridized carbons (Fsp3) is 0.737. The molecule has 0 bridgehead atoms. The van der Waals surface area contributed by atoms with Crippen molar-refractivity contribution in [3.8, 4) is 0 Å². The second kappa shape index (κ2) is 7.28. The van der Waals surface area contributed by atoms with Crippen molar-refractivity contribution in [2.45, 2.75) is 46.7 Å². The number of morpholine rings is 1. The van der Waals surface area contributed by atoms with Gasteiger partial charge in [0, 0.05) is 50.2 Å². The van der Waals surface area contributed by atoms with E-state index in [0.29, 0.717) is 12.0 Å². The molecule has 3 rings (SSSR count). The first-order chi connectivity index (χ1) is 11.6. The van der Waals surface area contributed by atoms with Gasteiger partial charge in [-0.2, -0.15) is 0 Å². The predicted octanol–water partition coefficient (Wildman–Crippen LogP) is 2.31. The van der Waals surface area contributed by atoms with Gasteiger partial charge in [0.05, 0.1) is 18.8 Å². The van der Waals surface area contributed by atoms with E-state index in [4.69, 9.17) is 4.74 Å². The van der Waals surface area contributed by atoms with Crippen LogP contribution in [0, 0.1) is 19.8 Å². The number of carbonyl (C=O) groups excluding carboxylic acids is 1. The zero-order chi connectivity index (χ0) is 17.3. The lowest BCUT2D eigenvalue weighted by Crippen LogP contribution is -2.47. The third-order valence-corrected chi connectivity index (χ3v) is 5.85. The molecule has 5 nitrogen and oxygen atoms in total. The number of hydrogen-bond donors (Lipinski definition) is 0. The van der Waals surface area contributed by atoms with Crippen LogP contribution in [0.1, 0.15) is 42.0 Å². The van der Waals surface area contributed by atoms with E-state index in [1.165, 1.54) is 5.69 Å². The highest BCUT2D eigenvalue weighted by atomic mass is 16.5. The Balaban J connectivity index is 1.76. The molecule has 0 saturated carbocycles. The summed E-state index contributed by atoms with van der Waals surface area (Å²) in [5, 5.41) is 0. The minimum atomic E-state index is 0.206. The van der Waals surface area contributed by atoms with E-state index in [9.17, 15) is 4.79 Å². The van der Waals surface area contributed by atoms with Crippen LogP contribution in [0.25, 0.3) is 0 Å². The molecule has 0 aromatic carbocycles. The summed E-state index contributed by atoms with van der Waals surface area (Å²) in [6.45, 7) is 14.8. The van der Waals surface area contributed by atoms with Crippen LogP contribution in [0.2, 0.25) is 0 Å². The largest absolute Gasteiger partial charge is 0.379 e. The summed E-state index contributed by atoms with van der Waals surface area (Å²) < 4.78 is 7.71. The van der Waals surface area contributed by atoms with Gasteiger partial charge in [0.15, 0.2) is 0 Å². The maximum atomic E-state index is 13.1. The van der Waals surface area contributed by atoms with E-state index in [1.807, 2.05) is 0 Å². The number of rotatable bonds is 4. The lowest BCUT2D eigenvalue weighted by molar-refractivity contribution is 0.0103. The topological polar surface area (TPSA) is 37.7 Å². The molecule has 2 aliphatic rings. The summed E-state index contributed by atoms with van der Waals surface area (Å²) in [7, 11) is 0. The van der Waals surface area contributed by atoms with Crippen molar-refractivity contribution in [3.63, 3.8) is 0 Å². The van der Waals surface area contributed by atoms with Gasteiger partial charge < -0.3 is 14.2 Å². The Bertz CT molecular complexity index is 590. The SMILES string of the molecule is CCC1CN(C(=O)c2cc(C)n(CC)c2C)CC1N1CCOCC1. The van der Waals surface area contributed by atoms with Crippen LogP contribution in [0.4, 0.5) is 0 Å². The number of aromatic nitrogens is 1. The van der Waals surface area contributed by atoms with Crippen LogP contribution in [-0.2, 0) is 11.3 Å².